The topological polar surface area (TPSA) is 38.5 Å². The average molecular weight is 299 g/mol. The van der Waals surface area contributed by atoms with Crippen molar-refractivity contribution in [1.29, 1.82) is 0 Å². The Labute approximate surface area is 109 Å². The number of anilines is 1. The lowest BCUT2D eigenvalue weighted by Crippen LogP contribution is -2.29. The number of aromatic nitrogens is 1. The lowest BCUT2D eigenvalue weighted by atomic mass is 10.3. The van der Waals surface area contributed by atoms with Gasteiger partial charge in [0.2, 0.25) is 0 Å². The number of benzene rings is 1. The molecule has 2 aromatic rings. The zero-order valence-corrected chi connectivity index (χ0v) is 11.3. The van der Waals surface area contributed by atoms with E-state index in [4.69, 9.17) is 9.15 Å². The maximum Gasteiger partial charge on any atom is 0.298 e. The van der Waals surface area contributed by atoms with Crippen molar-refractivity contribution in [2.24, 2.45) is 0 Å². The van der Waals surface area contributed by atoms with Crippen LogP contribution in [0.15, 0.2) is 28.7 Å². The number of alkyl halides is 1. The maximum atomic E-state index is 5.72. The Kier molecular flexibility index (Phi) is 4.39. The summed E-state index contributed by atoms with van der Waals surface area (Å²) in [5.41, 5.74) is 1.71. The third kappa shape index (κ3) is 2.98. The molecule has 0 N–H and O–H groups in total. The Bertz CT molecular complexity index is 439. The monoisotopic (exact) mass is 298 g/mol. The van der Waals surface area contributed by atoms with Gasteiger partial charge in [-0.25, -0.2) is 0 Å². The predicted molar refractivity (Wildman–Crippen MR) is 71.9 cm³/mol. The molecule has 1 aromatic carbocycles. The van der Waals surface area contributed by atoms with Crippen LogP contribution in [0.4, 0.5) is 6.01 Å². The Morgan fingerprint density at radius 2 is 2.18 bits per heavy atom. The molecule has 0 saturated heterocycles. The molecule has 2 rings (SSSR count). The molecule has 0 aliphatic carbocycles. The summed E-state index contributed by atoms with van der Waals surface area (Å²) >= 11 is 3.43. The highest BCUT2D eigenvalue weighted by atomic mass is 79.9. The largest absolute Gasteiger partial charge is 0.423 e. The van der Waals surface area contributed by atoms with Gasteiger partial charge < -0.3 is 14.1 Å². The smallest absolute Gasteiger partial charge is 0.298 e. The summed E-state index contributed by atoms with van der Waals surface area (Å²) in [5.74, 6) is 0. The lowest BCUT2D eigenvalue weighted by molar-refractivity contribution is 0.204. The van der Waals surface area contributed by atoms with Crippen LogP contribution in [-0.4, -0.2) is 37.1 Å². The Balaban J connectivity index is 2.21. The second-order valence-corrected chi connectivity index (χ2v) is 4.43. The number of hydrogen-bond acceptors (Lipinski definition) is 4. The number of hydrogen-bond donors (Lipinski definition) is 0. The summed E-state index contributed by atoms with van der Waals surface area (Å²) in [6.45, 7) is 2.27. The number of nitrogens with zero attached hydrogens (tertiary/aromatic N) is 2. The fourth-order valence-electron chi connectivity index (χ4n) is 1.60. The van der Waals surface area contributed by atoms with E-state index in [0.29, 0.717) is 12.6 Å². The number of rotatable bonds is 6. The first kappa shape index (κ1) is 12.4. The van der Waals surface area contributed by atoms with E-state index < -0.39 is 0 Å². The van der Waals surface area contributed by atoms with Gasteiger partial charge in [-0.05, 0) is 12.1 Å². The van der Waals surface area contributed by atoms with E-state index >= 15 is 0 Å². The van der Waals surface area contributed by atoms with E-state index in [2.05, 4.69) is 25.8 Å². The predicted octanol–water partition coefficient (Wildman–Crippen LogP) is 2.68. The number of methoxy groups -OCH3 is 1. The van der Waals surface area contributed by atoms with Gasteiger partial charge in [-0.15, -0.1) is 0 Å². The first-order valence-electron chi connectivity index (χ1n) is 5.50. The van der Waals surface area contributed by atoms with Crippen molar-refractivity contribution in [3.05, 3.63) is 24.3 Å². The summed E-state index contributed by atoms with van der Waals surface area (Å²) in [7, 11) is 1.69. The fraction of sp³-hybridized carbons (Fsp3) is 0.417. The molecular weight excluding hydrogens is 284 g/mol. The van der Waals surface area contributed by atoms with Crippen molar-refractivity contribution in [3.8, 4) is 0 Å². The van der Waals surface area contributed by atoms with Gasteiger partial charge in [-0.1, -0.05) is 28.1 Å². The van der Waals surface area contributed by atoms with E-state index in [-0.39, 0.29) is 0 Å². The van der Waals surface area contributed by atoms with E-state index in [1.807, 2.05) is 24.3 Å². The Morgan fingerprint density at radius 1 is 1.35 bits per heavy atom. The molecule has 0 atom stereocenters. The molecule has 0 bridgehead atoms. The average Bonchev–Trinajstić information content (AvgIpc) is 2.78. The van der Waals surface area contributed by atoms with Crippen LogP contribution in [0, 0.1) is 0 Å². The van der Waals surface area contributed by atoms with Gasteiger partial charge in [0.15, 0.2) is 5.58 Å². The van der Waals surface area contributed by atoms with E-state index in [1.54, 1.807) is 7.11 Å². The Morgan fingerprint density at radius 3 is 2.88 bits per heavy atom. The molecule has 0 radical (unpaired) electrons. The van der Waals surface area contributed by atoms with Crippen LogP contribution in [0.3, 0.4) is 0 Å². The fourth-order valence-corrected chi connectivity index (χ4v) is 2.03. The molecule has 0 aliphatic rings. The van der Waals surface area contributed by atoms with Crippen molar-refractivity contribution in [2.45, 2.75) is 0 Å². The summed E-state index contributed by atoms with van der Waals surface area (Å²) < 4.78 is 10.8. The molecule has 0 fully saturated rings. The van der Waals surface area contributed by atoms with Crippen LogP contribution in [0.5, 0.6) is 0 Å². The van der Waals surface area contributed by atoms with E-state index in [9.17, 15) is 0 Å². The lowest BCUT2D eigenvalue weighted by Gasteiger charge is -2.18. The Hall–Kier alpha value is -1.07. The normalized spacial score (nSPS) is 10.9. The highest BCUT2D eigenvalue weighted by Gasteiger charge is 2.12. The molecule has 1 heterocycles. The molecule has 0 amide bonds. The molecule has 0 unspecified atom stereocenters. The van der Waals surface area contributed by atoms with Gasteiger partial charge in [0.05, 0.1) is 6.61 Å². The number of oxazole rings is 1. The molecule has 5 heteroatoms. The van der Waals surface area contributed by atoms with Gasteiger partial charge in [0.1, 0.15) is 5.52 Å². The van der Waals surface area contributed by atoms with Crippen LogP contribution in [0.1, 0.15) is 0 Å². The zero-order valence-electron chi connectivity index (χ0n) is 9.73. The third-order valence-corrected chi connectivity index (χ3v) is 2.83. The molecule has 0 aliphatic heterocycles. The maximum absolute atomic E-state index is 5.72. The van der Waals surface area contributed by atoms with E-state index in [1.165, 1.54) is 0 Å². The highest BCUT2D eigenvalue weighted by Crippen LogP contribution is 2.21. The van der Waals surface area contributed by atoms with Gasteiger partial charge in [-0.3, -0.25) is 0 Å². The van der Waals surface area contributed by atoms with Crippen LogP contribution in [-0.2, 0) is 4.74 Å². The van der Waals surface area contributed by atoms with Crippen molar-refractivity contribution >= 4 is 33.0 Å². The van der Waals surface area contributed by atoms with Crippen LogP contribution in [0.25, 0.3) is 11.1 Å². The summed E-state index contributed by atoms with van der Waals surface area (Å²) in [6, 6.07) is 8.43. The molecule has 92 valence electrons. The highest BCUT2D eigenvalue weighted by molar-refractivity contribution is 9.09. The van der Waals surface area contributed by atoms with Crippen LogP contribution < -0.4 is 4.90 Å². The van der Waals surface area contributed by atoms with Crippen LogP contribution in [0.2, 0.25) is 0 Å². The first-order chi connectivity index (χ1) is 8.35. The zero-order chi connectivity index (χ0) is 12.1. The number of ether oxygens (including phenoxy) is 1. The van der Waals surface area contributed by atoms with E-state index in [0.717, 1.165) is 29.5 Å². The second-order valence-electron chi connectivity index (χ2n) is 3.63. The number of para-hydroxylation sites is 2. The minimum atomic E-state index is 0.655. The van der Waals surface area contributed by atoms with Crippen molar-refractivity contribution < 1.29 is 9.15 Å². The standard InChI is InChI=1S/C12H15BrN2O2/c1-16-9-8-15(7-6-13)12-14-10-4-2-3-5-11(10)17-12/h2-5H,6-9H2,1H3. The van der Waals surface area contributed by atoms with Crippen LogP contribution >= 0.6 is 15.9 Å². The minimum absolute atomic E-state index is 0.655. The summed E-state index contributed by atoms with van der Waals surface area (Å²) in [5, 5.41) is 0.870. The van der Waals surface area contributed by atoms with Crippen molar-refractivity contribution in [3.63, 3.8) is 0 Å². The molecule has 0 saturated carbocycles. The van der Waals surface area contributed by atoms with Gasteiger partial charge in [0, 0.05) is 25.5 Å². The van der Waals surface area contributed by atoms with Crippen molar-refractivity contribution in [2.75, 3.05) is 37.0 Å². The minimum Gasteiger partial charge on any atom is -0.423 e. The third-order valence-electron chi connectivity index (χ3n) is 2.47. The second kappa shape index (κ2) is 6.02. The molecular formula is C12H15BrN2O2. The quantitative estimate of drug-likeness (QED) is 0.769. The summed E-state index contributed by atoms with van der Waals surface area (Å²) in [6.07, 6.45) is 0. The van der Waals surface area contributed by atoms with Gasteiger partial charge in [0.25, 0.3) is 6.01 Å². The molecule has 1 aromatic heterocycles. The molecule has 4 nitrogen and oxygen atoms in total. The number of fused-ring (bicyclic) bond motifs is 1. The van der Waals surface area contributed by atoms with Gasteiger partial charge >= 0.3 is 0 Å². The van der Waals surface area contributed by atoms with Gasteiger partial charge in [-0.2, -0.15) is 4.98 Å². The number of halogens is 1. The SMILES string of the molecule is COCCN(CCBr)c1nc2ccccc2o1. The first-order valence-corrected chi connectivity index (χ1v) is 6.62. The summed E-state index contributed by atoms with van der Waals surface area (Å²) in [4.78, 5) is 6.54. The molecule has 17 heavy (non-hydrogen) atoms. The van der Waals surface area contributed by atoms with Crippen molar-refractivity contribution in [1.82, 2.24) is 4.98 Å². The molecule has 0 spiro atoms.